The third-order valence-corrected chi connectivity index (χ3v) is 7.02. The molecule has 3 heterocycles. The van der Waals surface area contributed by atoms with Crippen LogP contribution in [0.3, 0.4) is 0 Å². The van der Waals surface area contributed by atoms with Crippen LogP contribution in [0.15, 0.2) is 32.3 Å². The van der Waals surface area contributed by atoms with Crippen molar-refractivity contribution < 1.29 is 31.9 Å². The van der Waals surface area contributed by atoms with E-state index in [1.807, 2.05) is 4.72 Å². The first-order valence-corrected chi connectivity index (χ1v) is 11.8. The molecule has 0 unspecified atom stereocenters. The number of nitrogens with zero attached hydrogens (tertiary/aromatic N) is 2. The molecule has 0 radical (unpaired) electrons. The zero-order valence-electron chi connectivity index (χ0n) is 16.7. The largest absolute Gasteiger partial charge is 0.547 e. The van der Waals surface area contributed by atoms with Crippen molar-refractivity contribution in [1.82, 2.24) is 9.88 Å². The number of hydrogen-bond donors (Lipinski definition) is 1. The second-order valence-corrected chi connectivity index (χ2v) is 9.28. The number of carbonyl (C=O) groups excluding carboxylic acids is 1. The summed E-state index contributed by atoms with van der Waals surface area (Å²) in [6.07, 6.45) is -0.371. The van der Waals surface area contributed by atoms with Gasteiger partial charge < -0.3 is 14.2 Å². The number of nitrogens with one attached hydrogen (secondary N) is 1. The first-order chi connectivity index (χ1) is 15.3. The lowest BCUT2D eigenvalue weighted by Crippen LogP contribution is -2.31. The summed E-state index contributed by atoms with van der Waals surface area (Å²) < 4.78 is 48.2. The van der Waals surface area contributed by atoms with E-state index in [1.54, 1.807) is 12.3 Å². The van der Waals surface area contributed by atoms with Crippen LogP contribution in [-0.4, -0.2) is 33.4 Å². The molecule has 0 saturated carbocycles. The fraction of sp³-hybridized carbons (Fsp3) is 0.211. The van der Waals surface area contributed by atoms with Crippen molar-refractivity contribution in [3.05, 3.63) is 49.6 Å². The number of hydrogen-bond acceptors (Lipinski definition) is 9. The van der Waals surface area contributed by atoms with E-state index in [9.17, 15) is 13.2 Å². The van der Waals surface area contributed by atoms with Crippen molar-refractivity contribution in [2.75, 3.05) is 13.9 Å². The number of amides is 1. The number of aryl methyl sites for hydroxylation is 1. The van der Waals surface area contributed by atoms with Gasteiger partial charge in [-0.05, 0) is 18.4 Å². The minimum absolute atomic E-state index is 0.00261. The summed E-state index contributed by atoms with van der Waals surface area (Å²) >= 11 is 7.29. The smallest absolute Gasteiger partial charge is 0.496 e. The number of methoxy groups -OCH3 is 1. The summed E-state index contributed by atoms with van der Waals surface area (Å²) in [4.78, 5) is 16.7. The second kappa shape index (κ2) is 8.70. The Morgan fingerprint density at radius 3 is 2.91 bits per heavy atom. The summed E-state index contributed by atoms with van der Waals surface area (Å²) in [7, 11) is -2.61. The first kappa shape index (κ1) is 21.9. The van der Waals surface area contributed by atoms with E-state index < -0.39 is 15.9 Å². The van der Waals surface area contributed by atoms with Gasteiger partial charge >= 0.3 is 12.0 Å². The number of fused-ring (bicyclic) bond motifs is 1. The molecule has 166 valence electrons. The van der Waals surface area contributed by atoms with E-state index in [4.69, 9.17) is 30.3 Å². The number of benzene rings is 1. The molecule has 0 atom stereocenters. The van der Waals surface area contributed by atoms with Gasteiger partial charge in [0.05, 0.1) is 18.4 Å². The topological polar surface area (TPSA) is 121 Å². The van der Waals surface area contributed by atoms with Gasteiger partial charge in [-0.15, -0.1) is 0 Å². The Balaban J connectivity index is 1.73. The number of halogens is 1. The van der Waals surface area contributed by atoms with E-state index in [0.717, 1.165) is 0 Å². The monoisotopic (exact) mass is 496 g/mol. The molecule has 13 heteroatoms. The molecular weight excluding hydrogens is 482 g/mol. The molecular formula is C19H15ClN3O7S2+. The summed E-state index contributed by atoms with van der Waals surface area (Å²) in [5.41, 5.74) is 0.955. The van der Waals surface area contributed by atoms with Gasteiger partial charge in [-0.25, -0.2) is 13.1 Å². The molecule has 1 aliphatic heterocycles. The summed E-state index contributed by atoms with van der Waals surface area (Å²) in [6.45, 7) is 1.59. The lowest BCUT2D eigenvalue weighted by atomic mass is 10.0. The summed E-state index contributed by atoms with van der Waals surface area (Å²) in [6, 6.07) is 5.68. The maximum atomic E-state index is 12.7. The highest BCUT2D eigenvalue weighted by Gasteiger charge is 2.30. The molecule has 2 aromatic heterocycles. The SMILES string of the molecule is COc1cc2c(c(C#[N+]c3onc(C)c3Cl)c1CC(=O)NS(=O)(=O)c1ccsc1)OCO2. The molecule has 3 aromatic rings. The number of ether oxygens (including phenoxy) is 3. The predicted molar refractivity (Wildman–Crippen MR) is 115 cm³/mol. The maximum absolute atomic E-state index is 12.7. The Labute approximate surface area is 191 Å². The average molecular weight is 497 g/mol. The third kappa shape index (κ3) is 4.22. The highest BCUT2D eigenvalue weighted by atomic mass is 35.5. The van der Waals surface area contributed by atoms with Gasteiger partial charge in [0.15, 0.2) is 22.1 Å². The molecule has 1 amide bonds. The van der Waals surface area contributed by atoms with Crippen LogP contribution in [0, 0.1) is 13.0 Å². The van der Waals surface area contributed by atoms with Crippen LogP contribution >= 0.6 is 22.9 Å². The minimum atomic E-state index is -4.01. The Morgan fingerprint density at radius 1 is 1.44 bits per heavy atom. The third-order valence-electron chi connectivity index (χ3n) is 4.38. The Kier molecular flexibility index (Phi) is 5.96. The Bertz CT molecular complexity index is 1360. The zero-order chi connectivity index (χ0) is 22.9. The van der Waals surface area contributed by atoms with Crippen molar-refractivity contribution in [3.63, 3.8) is 0 Å². The molecule has 0 aliphatic carbocycles. The van der Waals surface area contributed by atoms with Crippen LogP contribution in [0.5, 0.6) is 17.2 Å². The van der Waals surface area contributed by atoms with Crippen molar-refractivity contribution in [2.24, 2.45) is 0 Å². The average Bonchev–Trinajstić information content (AvgIpc) is 3.50. The van der Waals surface area contributed by atoms with Gasteiger partial charge in [0, 0.05) is 21.9 Å². The molecule has 10 nitrogen and oxygen atoms in total. The van der Waals surface area contributed by atoms with Crippen LogP contribution in [0.25, 0.3) is 4.85 Å². The van der Waals surface area contributed by atoms with Crippen molar-refractivity contribution >= 4 is 44.8 Å². The normalized spacial score (nSPS) is 12.2. The minimum Gasteiger partial charge on any atom is -0.496 e. The van der Waals surface area contributed by atoms with Gasteiger partial charge in [0.1, 0.15) is 11.4 Å². The standard InChI is InChI=1S/C19H14ClN3O7S2/c1-10-17(20)19(30-22-10)21-7-13-12(14(27-2)6-15-18(13)29-9-28-15)5-16(24)23-32(25,26)11-3-4-31-8-11/h3-4,6,8H,5,9H2,1-2H3/p+1. The van der Waals surface area contributed by atoms with Crippen LogP contribution in [0.4, 0.5) is 5.88 Å². The van der Waals surface area contributed by atoms with E-state index in [-0.39, 0.29) is 51.6 Å². The molecule has 0 saturated heterocycles. The molecule has 0 bridgehead atoms. The van der Waals surface area contributed by atoms with Crippen LogP contribution in [-0.2, 0) is 21.2 Å². The molecule has 4 rings (SSSR count). The Morgan fingerprint density at radius 2 is 2.25 bits per heavy atom. The second-order valence-electron chi connectivity index (χ2n) is 6.44. The fourth-order valence-electron chi connectivity index (χ4n) is 2.87. The molecule has 32 heavy (non-hydrogen) atoms. The Hall–Kier alpha value is -3.27. The predicted octanol–water partition coefficient (Wildman–Crippen LogP) is 3.50. The van der Waals surface area contributed by atoms with Crippen LogP contribution in [0.2, 0.25) is 5.02 Å². The number of thiophene rings is 1. The van der Waals surface area contributed by atoms with Crippen molar-refractivity contribution in [3.8, 4) is 23.3 Å². The molecule has 1 N–H and O–H groups in total. The molecule has 0 fully saturated rings. The maximum Gasteiger partial charge on any atom is 0.547 e. The lowest BCUT2D eigenvalue weighted by Gasteiger charge is -2.11. The molecule has 1 aromatic carbocycles. The first-order valence-electron chi connectivity index (χ1n) is 8.96. The lowest BCUT2D eigenvalue weighted by molar-refractivity contribution is -0.118. The molecule has 0 spiro atoms. The van der Waals surface area contributed by atoms with E-state index in [0.29, 0.717) is 11.4 Å². The van der Waals surface area contributed by atoms with Crippen molar-refractivity contribution in [2.45, 2.75) is 18.2 Å². The van der Waals surface area contributed by atoms with Crippen molar-refractivity contribution in [1.29, 1.82) is 0 Å². The van der Waals surface area contributed by atoms with Crippen LogP contribution in [0.1, 0.15) is 16.8 Å². The van der Waals surface area contributed by atoms with E-state index in [1.165, 1.54) is 36.0 Å². The number of rotatable bonds is 5. The van der Waals surface area contributed by atoms with Gasteiger partial charge in [-0.1, -0.05) is 16.8 Å². The number of aromatic nitrogens is 1. The van der Waals surface area contributed by atoms with Crippen LogP contribution < -0.4 is 18.9 Å². The fourth-order valence-corrected chi connectivity index (χ4v) is 4.99. The summed E-state index contributed by atoms with van der Waals surface area (Å²) in [5, 5.41) is 6.94. The summed E-state index contributed by atoms with van der Waals surface area (Å²) in [5.74, 6) is 0.106. The van der Waals surface area contributed by atoms with Gasteiger partial charge in [0.25, 0.3) is 10.0 Å². The number of sulfonamides is 1. The highest BCUT2D eigenvalue weighted by molar-refractivity contribution is 7.90. The van der Waals surface area contributed by atoms with E-state index >= 15 is 0 Å². The number of carbonyl (C=O) groups is 1. The van der Waals surface area contributed by atoms with Gasteiger partial charge in [-0.3, -0.25) is 9.32 Å². The van der Waals surface area contributed by atoms with E-state index in [2.05, 4.69) is 16.1 Å². The van der Waals surface area contributed by atoms with Gasteiger partial charge in [0.2, 0.25) is 12.7 Å². The molecule has 1 aliphatic rings. The quantitative estimate of drug-likeness (QED) is 0.569. The zero-order valence-corrected chi connectivity index (χ0v) is 19.1. The highest BCUT2D eigenvalue weighted by Crippen LogP contribution is 2.43. The van der Waals surface area contributed by atoms with Gasteiger partial charge in [-0.2, -0.15) is 11.3 Å².